The number of ether oxygens (including phenoxy) is 1. The summed E-state index contributed by atoms with van der Waals surface area (Å²) < 4.78 is 20.6. The van der Waals surface area contributed by atoms with Gasteiger partial charge in [-0.05, 0) is 48.1 Å². The number of nitrogens with one attached hydrogen (secondary N) is 2. The van der Waals surface area contributed by atoms with Gasteiger partial charge in [0.1, 0.15) is 11.9 Å². The lowest BCUT2D eigenvalue weighted by Crippen LogP contribution is -2.48. The van der Waals surface area contributed by atoms with Crippen molar-refractivity contribution in [2.24, 2.45) is 4.99 Å². The van der Waals surface area contributed by atoms with Gasteiger partial charge in [0.05, 0.1) is 0 Å². The van der Waals surface area contributed by atoms with Crippen LogP contribution >= 0.6 is 11.3 Å². The van der Waals surface area contributed by atoms with E-state index in [0.717, 1.165) is 33.4 Å². The Morgan fingerprint density at radius 3 is 2.71 bits per heavy atom. The summed E-state index contributed by atoms with van der Waals surface area (Å²) in [6, 6.07) is 17.0. The number of rotatable bonds is 6. The van der Waals surface area contributed by atoms with E-state index in [0.29, 0.717) is 32.3 Å². The molecule has 3 N–H and O–H groups in total. The third kappa shape index (κ3) is 5.06. The van der Waals surface area contributed by atoms with Gasteiger partial charge in [0, 0.05) is 48.3 Å². The fraction of sp³-hybridized carbons (Fsp3) is 0.375. The normalized spacial score (nSPS) is 17.5. The first-order valence-corrected chi connectivity index (χ1v) is 11.4. The third-order valence-corrected chi connectivity index (χ3v) is 7.16. The van der Waals surface area contributed by atoms with Gasteiger partial charge in [-0.25, -0.2) is 4.39 Å². The Bertz CT molecular complexity index is 1010. The van der Waals surface area contributed by atoms with Crippen LogP contribution in [0.5, 0.6) is 0 Å². The van der Waals surface area contributed by atoms with Gasteiger partial charge >= 0.3 is 0 Å². The van der Waals surface area contributed by atoms with E-state index in [1.807, 2.05) is 24.3 Å². The SMILES string of the molecule is CN=C(NCC(O)c1cc2ccccc2s1)NCC1(c2cccc(F)c2)CCOCC1. The maximum Gasteiger partial charge on any atom is 0.191 e. The fourth-order valence-electron chi connectivity index (χ4n) is 4.08. The highest BCUT2D eigenvalue weighted by Crippen LogP contribution is 2.34. The standard InChI is InChI=1S/C24H28FN3O2S/c1-26-23(27-15-20(29)22-13-17-5-2-3-8-21(17)31-22)28-16-24(9-11-30-12-10-24)18-6-4-7-19(25)14-18/h2-8,13-14,20,29H,9-12,15-16H2,1H3,(H2,26,27,28). The second kappa shape index (κ2) is 9.77. The minimum absolute atomic E-state index is 0.220. The number of halogens is 1. The van der Waals surface area contributed by atoms with Gasteiger partial charge in [0.25, 0.3) is 0 Å². The van der Waals surface area contributed by atoms with Gasteiger partial charge in [-0.15, -0.1) is 11.3 Å². The number of nitrogens with zero attached hydrogens (tertiary/aromatic N) is 1. The summed E-state index contributed by atoms with van der Waals surface area (Å²) in [7, 11) is 1.71. The Morgan fingerprint density at radius 2 is 1.97 bits per heavy atom. The lowest BCUT2D eigenvalue weighted by Gasteiger charge is -2.38. The minimum atomic E-state index is -0.629. The number of hydrogen-bond acceptors (Lipinski definition) is 4. The minimum Gasteiger partial charge on any atom is -0.386 e. The summed E-state index contributed by atoms with van der Waals surface area (Å²) in [6.07, 6.45) is 0.992. The van der Waals surface area contributed by atoms with Crippen LogP contribution in [0.4, 0.5) is 4.39 Å². The van der Waals surface area contributed by atoms with E-state index < -0.39 is 6.10 Å². The molecule has 1 fully saturated rings. The Kier molecular flexibility index (Phi) is 6.85. The fourth-order valence-corrected chi connectivity index (χ4v) is 5.13. The summed E-state index contributed by atoms with van der Waals surface area (Å²) in [4.78, 5) is 5.23. The molecule has 0 bridgehead atoms. The van der Waals surface area contributed by atoms with Crippen molar-refractivity contribution in [1.29, 1.82) is 0 Å². The number of fused-ring (bicyclic) bond motifs is 1. The molecule has 0 saturated carbocycles. The maximum absolute atomic E-state index is 13.9. The van der Waals surface area contributed by atoms with E-state index in [2.05, 4.69) is 27.8 Å². The quantitative estimate of drug-likeness (QED) is 0.400. The molecule has 0 amide bonds. The Morgan fingerprint density at radius 1 is 1.16 bits per heavy atom. The van der Waals surface area contributed by atoms with E-state index in [1.54, 1.807) is 30.5 Å². The number of aliphatic hydroxyl groups excluding tert-OH is 1. The molecule has 1 unspecified atom stereocenters. The van der Waals surface area contributed by atoms with Crippen molar-refractivity contribution >= 4 is 27.4 Å². The number of aliphatic hydroxyl groups is 1. The largest absolute Gasteiger partial charge is 0.386 e. The maximum atomic E-state index is 13.9. The first kappa shape index (κ1) is 21.7. The van der Waals surface area contributed by atoms with Crippen molar-refractivity contribution < 1.29 is 14.2 Å². The van der Waals surface area contributed by atoms with Crippen LogP contribution in [0.2, 0.25) is 0 Å². The highest BCUT2D eigenvalue weighted by atomic mass is 32.1. The van der Waals surface area contributed by atoms with Gasteiger partial charge in [-0.3, -0.25) is 4.99 Å². The molecule has 3 aromatic rings. The molecule has 1 aliphatic heterocycles. The molecule has 164 valence electrons. The number of thiophene rings is 1. The van der Waals surface area contributed by atoms with E-state index in [-0.39, 0.29) is 11.2 Å². The van der Waals surface area contributed by atoms with Crippen molar-refractivity contribution in [1.82, 2.24) is 10.6 Å². The highest BCUT2D eigenvalue weighted by Gasteiger charge is 2.35. The highest BCUT2D eigenvalue weighted by molar-refractivity contribution is 7.19. The van der Waals surface area contributed by atoms with E-state index >= 15 is 0 Å². The molecule has 1 aliphatic rings. The van der Waals surface area contributed by atoms with Crippen molar-refractivity contribution in [3.63, 3.8) is 0 Å². The van der Waals surface area contributed by atoms with E-state index in [4.69, 9.17) is 4.74 Å². The topological polar surface area (TPSA) is 65.9 Å². The van der Waals surface area contributed by atoms with Crippen molar-refractivity contribution in [3.05, 3.63) is 70.9 Å². The molecule has 7 heteroatoms. The summed E-state index contributed by atoms with van der Waals surface area (Å²) in [5.41, 5.74) is 0.756. The lowest BCUT2D eigenvalue weighted by molar-refractivity contribution is 0.0512. The lowest BCUT2D eigenvalue weighted by atomic mass is 9.74. The molecule has 4 rings (SSSR count). The number of benzene rings is 2. The summed E-state index contributed by atoms with van der Waals surface area (Å²) in [5, 5.41) is 18.4. The monoisotopic (exact) mass is 441 g/mol. The van der Waals surface area contributed by atoms with Crippen LogP contribution in [0.1, 0.15) is 29.4 Å². The van der Waals surface area contributed by atoms with Crippen molar-refractivity contribution in [2.75, 3.05) is 33.4 Å². The van der Waals surface area contributed by atoms with E-state index in [9.17, 15) is 9.50 Å². The van der Waals surface area contributed by atoms with Gasteiger partial charge in [0.2, 0.25) is 0 Å². The van der Waals surface area contributed by atoms with Gasteiger partial charge in [-0.2, -0.15) is 0 Å². The third-order valence-electron chi connectivity index (χ3n) is 5.94. The zero-order valence-corrected chi connectivity index (χ0v) is 18.4. The van der Waals surface area contributed by atoms with Crippen LogP contribution in [0.15, 0.2) is 59.6 Å². The second-order valence-corrected chi connectivity index (χ2v) is 9.03. The summed E-state index contributed by atoms with van der Waals surface area (Å²) >= 11 is 1.60. The van der Waals surface area contributed by atoms with Crippen LogP contribution < -0.4 is 10.6 Å². The molecule has 2 heterocycles. The van der Waals surface area contributed by atoms with Crippen LogP contribution in [-0.4, -0.2) is 44.4 Å². The summed E-state index contributed by atoms with van der Waals surface area (Å²) in [6.45, 7) is 2.25. The van der Waals surface area contributed by atoms with Crippen molar-refractivity contribution in [2.45, 2.75) is 24.4 Å². The average molecular weight is 442 g/mol. The number of hydrogen-bond donors (Lipinski definition) is 3. The zero-order chi connectivity index (χ0) is 21.7. The first-order valence-electron chi connectivity index (χ1n) is 10.5. The molecule has 1 saturated heterocycles. The predicted octanol–water partition coefficient (Wildman–Crippen LogP) is 3.99. The van der Waals surface area contributed by atoms with Crippen LogP contribution in [0.3, 0.4) is 0 Å². The van der Waals surface area contributed by atoms with Gasteiger partial charge in [0.15, 0.2) is 5.96 Å². The molecule has 1 atom stereocenters. The summed E-state index contributed by atoms with van der Waals surface area (Å²) in [5.74, 6) is 0.389. The molecular weight excluding hydrogens is 413 g/mol. The molecule has 0 aliphatic carbocycles. The Labute approximate surface area is 186 Å². The Balaban J connectivity index is 1.39. The Hall–Kier alpha value is -2.48. The molecule has 2 aromatic carbocycles. The molecule has 5 nitrogen and oxygen atoms in total. The number of guanidine groups is 1. The zero-order valence-electron chi connectivity index (χ0n) is 17.6. The molecule has 1 aromatic heterocycles. The molecule has 0 spiro atoms. The predicted molar refractivity (Wildman–Crippen MR) is 124 cm³/mol. The van der Waals surface area contributed by atoms with Crippen LogP contribution in [0, 0.1) is 5.82 Å². The van der Waals surface area contributed by atoms with Crippen LogP contribution in [-0.2, 0) is 10.2 Å². The smallest absolute Gasteiger partial charge is 0.191 e. The second-order valence-electron chi connectivity index (χ2n) is 7.91. The number of aliphatic imine (C=N–C) groups is 1. The molecular formula is C24H28FN3O2S. The van der Waals surface area contributed by atoms with Gasteiger partial charge < -0.3 is 20.5 Å². The average Bonchev–Trinajstić information content (AvgIpc) is 3.24. The molecule has 31 heavy (non-hydrogen) atoms. The van der Waals surface area contributed by atoms with Gasteiger partial charge in [-0.1, -0.05) is 30.3 Å². The van der Waals surface area contributed by atoms with Crippen LogP contribution in [0.25, 0.3) is 10.1 Å². The van der Waals surface area contributed by atoms with Crippen molar-refractivity contribution in [3.8, 4) is 0 Å². The molecule has 0 radical (unpaired) electrons. The first-order chi connectivity index (χ1) is 15.1. The van der Waals surface area contributed by atoms with E-state index in [1.165, 1.54) is 6.07 Å².